The molecule has 0 aliphatic heterocycles. The maximum Gasteiger partial charge on any atom is 0.293 e. The predicted molar refractivity (Wildman–Crippen MR) is 72.6 cm³/mol. The fourth-order valence-electron chi connectivity index (χ4n) is 2.31. The van der Waals surface area contributed by atoms with Gasteiger partial charge in [-0.05, 0) is 25.2 Å². The molecular formula is C13H22N4O. The van der Waals surface area contributed by atoms with Crippen LogP contribution in [0.2, 0.25) is 0 Å². The highest BCUT2D eigenvalue weighted by Gasteiger charge is 2.36. The van der Waals surface area contributed by atoms with Gasteiger partial charge in [0.1, 0.15) is 0 Å². The first-order valence-corrected chi connectivity index (χ1v) is 6.60. The Labute approximate surface area is 107 Å². The molecule has 0 saturated heterocycles. The van der Waals surface area contributed by atoms with Gasteiger partial charge in [-0.1, -0.05) is 13.8 Å². The Bertz CT molecular complexity index is 457. The third-order valence-electron chi connectivity index (χ3n) is 3.56. The van der Waals surface area contributed by atoms with Crippen molar-refractivity contribution in [1.29, 1.82) is 0 Å². The minimum Gasteiger partial charge on any atom is -0.359 e. The second-order valence-corrected chi connectivity index (χ2v) is 5.59. The fourth-order valence-corrected chi connectivity index (χ4v) is 2.31. The second kappa shape index (κ2) is 5.10. The van der Waals surface area contributed by atoms with E-state index in [1.54, 1.807) is 17.0 Å². The molecule has 1 fully saturated rings. The van der Waals surface area contributed by atoms with Crippen LogP contribution in [0.1, 0.15) is 33.1 Å². The molecule has 1 aromatic heterocycles. The maximum absolute atomic E-state index is 12.2. The molecule has 0 atom stereocenters. The van der Waals surface area contributed by atoms with Crippen molar-refractivity contribution < 1.29 is 0 Å². The Morgan fingerprint density at radius 2 is 2.28 bits per heavy atom. The van der Waals surface area contributed by atoms with Crippen LogP contribution in [0.4, 0.5) is 5.82 Å². The summed E-state index contributed by atoms with van der Waals surface area (Å²) in [5, 5.41) is 3.25. The van der Waals surface area contributed by atoms with Crippen LogP contribution in [-0.2, 0) is 6.54 Å². The first-order valence-electron chi connectivity index (χ1n) is 6.60. The number of anilines is 1. The highest BCUT2D eigenvalue weighted by atomic mass is 16.1. The van der Waals surface area contributed by atoms with Crippen molar-refractivity contribution in [1.82, 2.24) is 9.55 Å². The molecule has 0 spiro atoms. The number of aromatic nitrogens is 2. The molecular weight excluding hydrogens is 228 g/mol. The highest BCUT2D eigenvalue weighted by Crippen LogP contribution is 2.33. The van der Waals surface area contributed by atoms with Gasteiger partial charge >= 0.3 is 0 Å². The zero-order valence-electron chi connectivity index (χ0n) is 11.1. The molecule has 0 aromatic carbocycles. The maximum atomic E-state index is 12.2. The molecule has 0 unspecified atom stereocenters. The van der Waals surface area contributed by atoms with Crippen LogP contribution >= 0.6 is 0 Å². The standard InChI is InChI=1S/C13H22N4O/c1-10(2)8-17-7-6-15-11(12(17)18)16-13(9-14)4-3-5-13/h6-7,10H,3-5,8-9,14H2,1-2H3,(H,15,16). The summed E-state index contributed by atoms with van der Waals surface area (Å²) in [5.74, 6) is 0.869. The minimum absolute atomic E-state index is 0.0501. The smallest absolute Gasteiger partial charge is 0.293 e. The zero-order valence-corrected chi connectivity index (χ0v) is 11.1. The van der Waals surface area contributed by atoms with Crippen molar-refractivity contribution in [2.24, 2.45) is 11.7 Å². The summed E-state index contributed by atoms with van der Waals surface area (Å²) in [6, 6.07) is 0. The predicted octanol–water partition coefficient (Wildman–Crippen LogP) is 1.19. The van der Waals surface area contributed by atoms with E-state index in [0.29, 0.717) is 24.8 Å². The highest BCUT2D eigenvalue weighted by molar-refractivity contribution is 5.36. The van der Waals surface area contributed by atoms with Crippen LogP contribution in [0.15, 0.2) is 17.2 Å². The SMILES string of the molecule is CC(C)Cn1ccnc(NC2(CN)CCC2)c1=O. The van der Waals surface area contributed by atoms with Gasteiger partial charge in [0, 0.05) is 25.5 Å². The summed E-state index contributed by atoms with van der Waals surface area (Å²) in [6.07, 6.45) is 6.61. The van der Waals surface area contributed by atoms with Crippen LogP contribution in [0.5, 0.6) is 0 Å². The summed E-state index contributed by atoms with van der Waals surface area (Å²) in [4.78, 5) is 16.4. The monoisotopic (exact) mass is 250 g/mol. The van der Waals surface area contributed by atoms with E-state index in [-0.39, 0.29) is 11.1 Å². The van der Waals surface area contributed by atoms with E-state index in [0.717, 1.165) is 19.3 Å². The number of nitrogens with two attached hydrogens (primary N) is 1. The van der Waals surface area contributed by atoms with E-state index in [9.17, 15) is 4.79 Å². The average molecular weight is 250 g/mol. The number of hydrogen-bond acceptors (Lipinski definition) is 4. The molecule has 100 valence electrons. The van der Waals surface area contributed by atoms with Gasteiger partial charge in [0.05, 0.1) is 5.54 Å². The van der Waals surface area contributed by atoms with E-state index in [1.165, 1.54) is 0 Å². The van der Waals surface area contributed by atoms with Crippen molar-refractivity contribution in [3.63, 3.8) is 0 Å². The number of rotatable bonds is 5. The van der Waals surface area contributed by atoms with Crippen molar-refractivity contribution in [3.8, 4) is 0 Å². The third-order valence-corrected chi connectivity index (χ3v) is 3.56. The van der Waals surface area contributed by atoms with Crippen LogP contribution < -0.4 is 16.6 Å². The molecule has 0 radical (unpaired) electrons. The number of nitrogens with zero attached hydrogens (tertiary/aromatic N) is 2. The molecule has 18 heavy (non-hydrogen) atoms. The zero-order chi connectivity index (χ0) is 13.2. The minimum atomic E-state index is -0.108. The Kier molecular flexibility index (Phi) is 3.71. The molecule has 3 N–H and O–H groups in total. The molecule has 1 saturated carbocycles. The number of hydrogen-bond donors (Lipinski definition) is 2. The molecule has 1 aliphatic carbocycles. The average Bonchev–Trinajstić information content (AvgIpc) is 2.27. The molecule has 0 amide bonds. The third kappa shape index (κ3) is 2.56. The molecule has 5 heteroatoms. The van der Waals surface area contributed by atoms with Gasteiger partial charge in [0.15, 0.2) is 5.82 Å². The number of nitrogens with one attached hydrogen (secondary N) is 1. The Morgan fingerprint density at radius 1 is 1.56 bits per heavy atom. The van der Waals surface area contributed by atoms with Crippen LogP contribution in [-0.4, -0.2) is 21.6 Å². The second-order valence-electron chi connectivity index (χ2n) is 5.59. The van der Waals surface area contributed by atoms with Crippen molar-refractivity contribution in [3.05, 3.63) is 22.7 Å². The van der Waals surface area contributed by atoms with E-state index < -0.39 is 0 Å². The van der Waals surface area contributed by atoms with Gasteiger partial charge in [0.2, 0.25) is 0 Å². The van der Waals surface area contributed by atoms with Crippen LogP contribution in [0.25, 0.3) is 0 Å². The van der Waals surface area contributed by atoms with E-state index in [2.05, 4.69) is 24.1 Å². The quantitative estimate of drug-likeness (QED) is 0.823. The van der Waals surface area contributed by atoms with E-state index in [4.69, 9.17) is 5.73 Å². The summed E-state index contributed by atoms with van der Waals surface area (Å²) < 4.78 is 1.71. The summed E-state index contributed by atoms with van der Waals surface area (Å²) in [6.45, 7) is 5.44. The van der Waals surface area contributed by atoms with E-state index >= 15 is 0 Å². The summed E-state index contributed by atoms with van der Waals surface area (Å²) in [7, 11) is 0. The molecule has 0 bridgehead atoms. The summed E-state index contributed by atoms with van der Waals surface area (Å²) >= 11 is 0. The largest absolute Gasteiger partial charge is 0.359 e. The van der Waals surface area contributed by atoms with Crippen molar-refractivity contribution >= 4 is 5.82 Å². The lowest BCUT2D eigenvalue weighted by Crippen LogP contribution is -2.52. The van der Waals surface area contributed by atoms with Crippen LogP contribution in [0.3, 0.4) is 0 Å². The van der Waals surface area contributed by atoms with Gasteiger partial charge in [-0.25, -0.2) is 4.98 Å². The Balaban J connectivity index is 2.21. The van der Waals surface area contributed by atoms with E-state index in [1.807, 2.05) is 0 Å². The lowest BCUT2D eigenvalue weighted by molar-refractivity contribution is 0.286. The first kappa shape index (κ1) is 13.1. The molecule has 1 aliphatic rings. The lowest BCUT2D eigenvalue weighted by Gasteiger charge is -2.41. The van der Waals surface area contributed by atoms with Gasteiger partial charge in [-0.3, -0.25) is 4.79 Å². The lowest BCUT2D eigenvalue weighted by atomic mass is 9.77. The molecule has 1 heterocycles. The van der Waals surface area contributed by atoms with Gasteiger partial charge in [0.25, 0.3) is 5.56 Å². The topological polar surface area (TPSA) is 72.9 Å². The molecule has 2 rings (SSSR count). The first-order chi connectivity index (χ1) is 8.56. The normalized spacial score (nSPS) is 17.6. The van der Waals surface area contributed by atoms with Gasteiger partial charge in [-0.2, -0.15) is 0 Å². The van der Waals surface area contributed by atoms with Crippen molar-refractivity contribution in [2.45, 2.75) is 45.2 Å². The van der Waals surface area contributed by atoms with Crippen LogP contribution in [0, 0.1) is 5.92 Å². The fraction of sp³-hybridized carbons (Fsp3) is 0.692. The van der Waals surface area contributed by atoms with Gasteiger partial charge < -0.3 is 15.6 Å². The van der Waals surface area contributed by atoms with Crippen molar-refractivity contribution in [2.75, 3.05) is 11.9 Å². The molecule has 1 aromatic rings. The summed E-state index contributed by atoms with van der Waals surface area (Å²) in [5.41, 5.74) is 5.63. The Hall–Kier alpha value is -1.36. The van der Waals surface area contributed by atoms with Gasteiger partial charge in [-0.15, -0.1) is 0 Å². The molecule has 5 nitrogen and oxygen atoms in total. The Morgan fingerprint density at radius 3 is 2.78 bits per heavy atom.